The van der Waals surface area contributed by atoms with E-state index >= 15 is 0 Å². The molecule has 2 aliphatic heterocycles. The van der Waals surface area contributed by atoms with E-state index < -0.39 is 17.7 Å². The molecule has 1 fully saturated rings. The molecule has 0 unspecified atom stereocenters. The minimum atomic E-state index is -1.19. The Hall–Kier alpha value is -2.80. The van der Waals surface area contributed by atoms with E-state index in [1.807, 2.05) is 55.5 Å². The number of carbonyl (C=O) groups excluding carboxylic acids is 1. The van der Waals surface area contributed by atoms with Crippen molar-refractivity contribution in [3.63, 3.8) is 0 Å². The normalized spacial score (nSPS) is 24.9. The number of para-hydroxylation sites is 1. The first kappa shape index (κ1) is 18.6. The summed E-state index contributed by atoms with van der Waals surface area (Å²) in [4.78, 5) is 13.1. The van der Waals surface area contributed by atoms with E-state index in [4.69, 9.17) is 26.4 Å². The lowest BCUT2D eigenvalue weighted by molar-refractivity contribution is -0.165. The predicted octanol–water partition coefficient (Wildman–Crippen LogP) is 3.03. The summed E-state index contributed by atoms with van der Waals surface area (Å²) >= 11 is 5.46. The zero-order valence-electron chi connectivity index (χ0n) is 15.7. The van der Waals surface area contributed by atoms with Crippen molar-refractivity contribution in [2.45, 2.75) is 25.6 Å². The summed E-state index contributed by atoms with van der Waals surface area (Å²) in [6.45, 7) is 4.49. The van der Waals surface area contributed by atoms with Crippen LogP contribution in [0.5, 0.6) is 11.5 Å². The van der Waals surface area contributed by atoms with Crippen LogP contribution in [-0.4, -0.2) is 24.3 Å². The van der Waals surface area contributed by atoms with Gasteiger partial charge in [-0.1, -0.05) is 42.5 Å². The average molecular weight is 398 g/mol. The quantitative estimate of drug-likeness (QED) is 0.593. The van der Waals surface area contributed by atoms with Crippen molar-refractivity contribution in [3.8, 4) is 11.5 Å². The molecule has 0 saturated carbocycles. The molecule has 3 atom stereocenters. The number of fused-ring (bicyclic) bond motifs is 4. The van der Waals surface area contributed by atoms with Crippen molar-refractivity contribution >= 4 is 23.3 Å². The summed E-state index contributed by atoms with van der Waals surface area (Å²) in [6.07, 6.45) is 0. The molecular formula is C21H22N2O4S. The highest BCUT2D eigenvalue weighted by Crippen LogP contribution is 2.52. The monoisotopic (exact) mass is 398 g/mol. The summed E-state index contributed by atoms with van der Waals surface area (Å²) in [5.41, 5.74) is 0.416. The Bertz CT molecular complexity index is 905. The summed E-state index contributed by atoms with van der Waals surface area (Å²) in [5.74, 6) is 0.197. The van der Waals surface area contributed by atoms with Crippen molar-refractivity contribution in [2.24, 2.45) is 5.92 Å². The summed E-state index contributed by atoms with van der Waals surface area (Å²) in [6, 6.07) is 14.8. The molecule has 2 heterocycles. The van der Waals surface area contributed by atoms with Gasteiger partial charge in [0.25, 0.3) is 0 Å². The van der Waals surface area contributed by atoms with Crippen LogP contribution in [0.3, 0.4) is 0 Å². The SMILES string of the molecule is CCOC(=O)[C@@H]1[C@@H]2NC(=S)N[C@]1(c1ccccc1)Oc1c(OCC)cccc12. The third kappa shape index (κ3) is 2.86. The Labute approximate surface area is 169 Å². The number of benzene rings is 2. The minimum absolute atomic E-state index is 0.281. The Morgan fingerprint density at radius 1 is 1.14 bits per heavy atom. The molecule has 2 aliphatic rings. The van der Waals surface area contributed by atoms with Gasteiger partial charge in [0, 0.05) is 11.1 Å². The summed E-state index contributed by atoms with van der Waals surface area (Å²) < 4.78 is 17.8. The van der Waals surface area contributed by atoms with E-state index in [0.717, 1.165) is 11.1 Å². The van der Waals surface area contributed by atoms with Crippen LogP contribution in [0.15, 0.2) is 48.5 Å². The van der Waals surface area contributed by atoms with Gasteiger partial charge in [0.05, 0.1) is 19.3 Å². The second-order valence-electron chi connectivity index (χ2n) is 6.62. The number of thiocarbonyl (C=S) groups is 1. The largest absolute Gasteiger partial charge is 0.490 e. The van der Waals surface area contributed by atoms with Crippen molar-refractivity contribution in [1.82, 2.24) is 10.6 Å². The molecule has 0 radical (unpaired) electrons. The van der Waals surface area contributed by atoms with E-state index in [1.54, 1.807) is 6.92 Å². The highest BCUT2D eigenvalue weighted by Gasteiger charge is 2.59. The molecule has 0 aliphatic carbocycles. The van der Waals surface area contributed by atoms with E-state index in [0.29, 0.717) is 23.2 Å². The van der Waals surface area contributed by atoms with E-state index in [-0.39, 0.29) is 12.6 Å². The van der Waals surface area contributed by atoms with Gasteiger partial charge in [0.1, 0.15) is 5.92 Å². The molecule has 2 bridgehead atoms. The van der Waals surface area contributed by atoms with Crippen LogP contribution < -0.4 is 20.1 Å². The third-order valence-corrected chi connectivity index (χ3v) is 5.23. The molecule has 1 saturated heterocycles. The zero-order chi connectivity index (χ0) is 19.7. The first-order valence-electron chi connectivity index (χ1n) is 9.36. The van der Waals surface area contributed by atoms with Crippen LogP contribution in [-0.2, 0) is 15.3 Å². The summed E-state index contributed by atoms with van der Waals surface area (Å²) in [7, 11) is 0. The molecule has 4 rings (SSSR count). The standard InChI is InChI=1S/C21H22N2O4S/c1-3-25-15-12-8-11-14-17-16(19(24)26-4-2)21(27-18(14)15,23-20(28)22-17)13-9-6-5-7-10-13/h5-12,16-17H,3-4H2,1-2H3,(H2,22,23,28)/t16-,17+,21+/m0/s1. The van der Waals surface area contributed by atoms with Crippen LogP contribution in [0.1, 0.15) is 31.0 Å². The van der Waals surface area contributed by atoms with E-state index in [1.165, 1.54) is 0 Å². The van der Waals surface area contributed by atoms with Crippen molar-refractivity contribution in [3.05, 3.63) is 59.7 Å². The maximum atomic E-state index is 13.1. The van der Waals surface area contributed by atoms with E-state index in [9.17, 15) is 4.79 Å². The number of nitrogens with one attached hydrogen (secondary N) is 2. The number of hydrogen-bond donors (Lipinski definition) is 2. The van der Waals surface area contributed by atoms with Gasteiger partial charge in [-0.25, -0.2) is 0 Å². The first-order chi connectivity index (χ1) is 13.6. The maximum absolute atomic E-state index is 13.1. The number of hydrogen-bond acceptors (Lipinski definition) is 5. The lowest BCUT2D eigenvalue weighted by atomic mass is 9.76. The maximum Gasteiger partial charge on any atom is 0.317 e. The van der Waals surface area contributed by atoms with Crippen molar-refractivity contribution in [1.29, 1.82) is 0 Å². The Morgan fingerprint density at radius 3 is 2.64 bits per heavy atom. The molecule has 7 heteroatoms. The predicted molar refractivity (Wildman–Crippen MR) is 108 cm³/mol. The second kappa shape index (κ2) is 7.31. The third-order valence-electron chi connectivity index (χ3n) is 5.01. The Morgan fingerprint density at radius 2 is 1.93 bits per heavy atom. The fourth-order valence-electron chi connectivity index (χ4n) is 3.94. The van der Waals surface area contributed by atoms with Gasteiger partial charge in [-0.3, -0.25) is 4.79 Å². The lowest BCUT2D eigenvalue weighted by Crippen LogP contribution is -2.69. The van der Waals surface area contributed by atoms with Crippen LogP contribution in [0.4, 0.5) is 0 Å². The molecule has 2 N–H and O–H groups in total. The molecule has 146 valence electrons. The fourth-order valence-corrected chi connectivity index (χ4v) is 4.21. The van der Waals surface area contributed by atoms with Gasteiger partial charge in [0.2, 0.25) is 5.72 Å². The Kier molecular flexibility index (Phi) is 4.85. The first-order valence-corrected chi connectivity index (χ1v) is 9.77. The van der Waals surface area contributed by atoms with Gasteiger partial charge in [-0.05, 0) is 32.1 Å². The smallest absolute Gasteiger partial charge is 0.317 e. The van der Waals surface area contributed by atoms with Gasteiger partial charge < -0.3 is 24.8 Å². The van der Waals surface area contributed by atoms with Gasteiger partial charge in [-0.2, -0.15) is 0 Å². The highest BCUT2D eigenvalue weighted by atomic mass is 32.1. The topological polar surface area (TPSA) is 68.8 Å². The van der Waals surface area contributed by atoms with Crippen molar-refractivity contribution in [2.75, 3.05) is 13.2 Å². The molecular weight excluding hydrogens is 376 g/mol. The lowest BCUT2D eigenvalue weighted by Gasteiger charge is -2.52. The van der Waals surface area contributed by atoms with Crippen LogP contribution in [0.25, 0.3) is 0 Å². The Balaban J connectivity index is 1.95. The van der Waals surface area contributed by atoms with Crippen LogP contribution >= 0.6 is 12.2 Å². The molecule has 2 aromatic rings. The van der Waals surface area contributed by atoms with Crippen LogP contribution in [0.2, 0.25) is 0 Å². The fraction of sp³-hybridized carbons (Fsp3) is 0.333. The number of rotatable bonds is 5. The second-order valence-corrected chi connectivity index (χ2v) is 7.03. The molecule has 28 heavy (non-hydrogen) atoms. The average Bonchev–Trinajstić information content (AvgIpc) is 2.69. The number of esters is 1. The molecule has 0 aromatic heterocycles. The van der Waals surface area contributed by atoms with Gasteiger partial charge >= 0.3 is 5.97 Å². The highest BCUT2D eigenvalue weighted by molar-refractivity contribution is 7.80. The van der Waals surface area contributed by atoms with E-state index in [2.05, 4.69) is 10.6 Å². The minimum Gasteiger partial charge on any atom is -0.490 e. The molecule has 0 spiro atoms. The molecule has 0 amide bonds. The summed E-state index contributed by atoms with van der Waals surface area (Å²) in [5, 5.41) is 6.88. The van der Waals surface area contributed by atoms with Crippen LogP contribution in [0, 0.1) is 5.92 Å². The van der Waals surface area contributed by atoms with Gasteiger partial charge in [-0.15, -0.1) is 0 Å². The van der Waals surface area contributed by atoms with Gasteiger partial charge in [0.15, 0.2) is 16.6 Å². The molecule has 6 nitrogen and oxygen atoms in total. The molecule has 2 aromatic carbocycles. The number of ether oxygens (including phenoxy) is 3. The number of carbonyl (C=O) groups is 1. The van der Waals surface area contributed by atoms with Crippen molar-refractivity contribution < 1.29 is 19.0 Å². The zero-order valence-corrected chi connectivity index (χ0v) is 16.5.